The molecule has 2 fully saturated rings. The summed E-state index contributed by atoms with van der Waals surface area (Å²) in [6, 6.07) is 7.54. The van der Waals surface area contributed by atoms with E-state index in [1.54, 1.807) is 0 Å². The first kappa shape index (κ1) is 17.8. The second-order valence-corrected chi connectivity index (χ2v) is 6.25. The number of nitrogens with zero attached hydrogens (tertiary/aromatic N) is 1. The van der Waals surface area contributed by atoms with Gasteiger partial charge in [0.15, 0.2) is 0 Å². The van der Waals surface area contributed by atoms with E-state index >= 15 is 0 Å². The predicted molar refractivity (Wildman–Crippen MR) is 91.4 cm³/mol. The maximum atomic E-state index is 12.2. The summed E-state index contributed by atoms with van der Waals surface area (Å²) < 4.78 is 0. The molecule has 0 atom stereocenters. The Morgan fingerprint density at radius 1 is 1.09 bits per heavy atom. The molecule has 5 nitrogen and oxygen atoms in total. The van der Waals surface area contributed by atoms with Crippen LogP contribution in [-0.2, 0) is 11.3 Å². The summed E-state index contributed by atoms with van der Waals surface area (Å²) in [4.78, 5) is 26.2. The molecule has 1 aliphatic carbocycles. The van der Waals surface area contributed by atoms with E-state index in [0.29, 0.717) is 18.0 Å². The minimum atomic E-state index is -0.0458. The Hall–Kier alpha value is -1.59. The van der Waals surface area contributed by atoms with Gasteiger partial charge in [0.1, 0.15) is 0 Å². The van der Waals surface area contributed by atoms with Gasteiger partial charge in [0, 0.05) is 37.2 Å². The van der Waals surface area contributed by atoms with Crippen molar-refractivity contribution in [2.24, 2.45) is 11.7 Å². The molecule has 3 N–H and O–H groups in total. The molecule has 126 valence electrons. The maximum absolute atomic E-state index is 12.2. The SMILES string of the molecule is Cl.NCc1ccc(C(=O)NC2CCN(C(=O)C3CC3)CC2)cc1. The average molecular weight is 338 g/mol. The largest absolute Gasteiger partial charge is 0.349 e. The molecule has 2 amide bonds. The number of likely N-dealkylation sites (tertiary alicyclic amines) is 1. The van der Waals surface area contributed by atoms with Gasteiger partial charge in [-0.2, -0.15) is 0 Å². The molecule has 1 aliphatic heterocycles. The number of hydrogen-bond donors (Lipinski definition) is 2. The summed E-state index contributed by atoms with van der Waals surface area (Å²) in [5.74, 6) is 0.546. The lowest BCUT2D eigenvalue weighted by Gasteiger charge is -2.32. The molecular formula is C17H24ClN3O2. The van der Waals surface area contributed by atoms with Crippen molar-refractivity contribution < 1.29 is 9.59 Å². The molecule has 1 aromatic rings. The second kappa shape index (κ2) is 7.79. The fraction of sp³-hybridized carbons (Fsp3) is 0.529. The Morgan fingerprint density at radius 3 is 2.22 bits per heavy atom. The number of carbonyl (C=O) groups excluding carboxylic acids is 2. The van der Waals surface area contributed by atoms with Crippen LogP contribution in [0, 0.1) is 5.92 Å². The van der Waals surface area contributed by atoms with Gasteiger partial charge in [0.25, 0.3) is 5.91 Å². The van der Waals surface area contributed by atoms with Crippen molar-refractivity contribution in [2.75, 3.05) is 13.1 Å². The van der Waals surface area contributed by atoms with Gasteiger partial charge in [0.05, 0.1) is 0 Å². The second-order valence-electron chi connectivity index (χ2n) is 6.25. The van der Waals surface area contributed by atoms with Crippen molar-refractivity contribution in [1.29, 1.82) is 0 Å². The van der Waals surface area contributed by atoms with Crippen molar-refractivity contribution in [3.05, 3.63) is 35.4 Å². The van der Waals surface area contributed by atoms with Gasteiger partial charge in [-0.25, -0.2) is 0 Å². The molecule has 0 unspecified atom stereocenters. The van der Waals surface area contributed by atoms with Gasteiger partial charge in [-0.3, -0.25) is 9.59 Å². The number of rotatable bonds is 4. The van der Waals surface area contributed by atoms with Crippen LogP contribution >= 0.6 is 12.4 Å². The summed E-state index contributed by atoms with van der Waals surface area (Å²) in [5.41, 5.74) is 7.23. The normalized spacial score (nSPS) is 18.2. The van der Waals surface area contributed by atoms with E-state index in [9.17, 15) is 9.59 Å². The standard InChI is InChI=1S/C17H23N3O2.ClH/c18-11-12-1-3-13(4-2-12)16(21)19-15-7-9-20(10-8-15)17(22)14-5-6-14;/h1-4,14-15H,5-11,18H2,(H,19,21);1H. The highest BCUT2D eigenvalue weighted by Gasteiger charge is 2.35. The van der Waals surface area contributed by atoms with E-state index in [1.165, 1.54) is 0 Å². The van der Waals surface area contributed by atoms with Gasteiger partial charge in [-0.1, -0.05) is 12.1 Å². The Bertz CT molecular complexity index is 549. The number of nitrogens with two attached hydrogens (primary N) is 1. The molecule has 0 aromatic heterocycles. The lowest BCUT2D eigenvalue weighted by Crippen LogP contribution is -2.47. The quantitative estimate of drug-likeness (QED) is 0.878. The summed E-state index contributed by atoms with van der Waals surface area (Å²) in [7, 11) is 0. The van der Waals surface area contributed by atoms with Crippen LogP contribution in [0.1, 0.15) is 41.6 Å². The minimum Gasteiger partial charge on any atom is -0.349 e. The first-order valence-electron chi connectivity index (χ1n) is 8.06. The zero-order valence-electron chi connectivity index (χ0n) is 13.2. The van der Waals surface area contributed by atoms with Crippen LogP contribution in [0.5, 0.6) is 0 Å². The minimum absolute atomic E-state index is 0. The molecule has 1 saturated carbocycles. The Balaban J connectivity index is 0.00000192. The summed E-state index contributed by atoms with van der Waals surface area (Å²) >= 11 is 0. The zero-order valence-corrected chi connectivity index (χ0v) is 14.0. The van der Waals surface area contributed by atoms with E-state index < -0.39 is 0 Å². The Labute approximate surface area is 143 Å². The summed E-state index contributed by atoms with van der Waals surface area (Å²) in [6.07, 6.45) is 3.78. The molecule has 23 heavy (non-hydrogen) atoms. The van der Waals surface area contributed by atoms with Crippen molar-refractivity contribution in [2.45, 2.75) is 38.3 Å². The Morgan fingerprint density at radius 2 is 1.70 bits per heavy atom. The highest BCUT2D eigenvalue weighted by atomic mass is 35.5. The van der Waals surface area contributed by atoms with Crippen LogP contribution < -0.4 is 11.1 Å². The first-order chi connectivity index (χ1) is 10.7. The molecular weight excluding hydrogens is 314 g/mol. The monoisotopic (exact) mass is 337 g/mol. The van der Waals surface area contributed by atoms with Crippen LogP contribution in [-0.4, -0.2) is 35.8 Å². The van der Waals surface area contributed by atoms with E-state index in [-0.39, 0.29) is 30.3 Å². The summed E-state index contributed by atoms with van der Waals surface area (Å²) in [6.45, 7) is 1.99. The van der Waals surface area contributed by atoms with Crippen LogP contribution in [0.3, 0.4) is 0 Å². The van der Waals surface area contributed by atoms with Gasteiger partial charge in [0.2, 0.25) is 5.91 Å². The molecule has 1 aromatic carbocycles. The molecule has 0 bridgehead atoms. The van der Waals surface area contributed by atoms with Gasteiger partial charge in [-0.05, 0) is 43.4 Å². The number of benzene rings is 1. The average Bonchev–Trinajstić information content (AvgIpc) is 3.40. The first-order valence-corrected chi connectivity index (χ1v) is 8.06. The number of amides is 2. The lowest BCUT2D eigenvalue weighted by atomic mass is 10.0. The van der Waals surface area contributed by atoms with Gasteiger partial charge >= 0.3 is 0 Å². The molecule has 1 heterocycles. The van der Waals surface area contributed by atoms with E-state index in [0.717, 1.165) is 44.3 Å². The van der Waals surface area contributed by atoms with Crippen molar-refractivity contribution >= 4 is 24.2 Å². The van der Waals surface area contributed by atoms with Crippen LogP contribution in [0.2, 0.25) is 0 Å². The van der Waals surface area contributed by atoms with Gasteiger partial charge in [-0.15, -0.1) is 12.4 Å². The lowest BCUT2D eigenvalue weighted by molar-refractivity contribution is -0.133. The van der Waals surface area contributed by atoms with Crippen LogP contribution in [0.25, 0.3) is 0 Å². The van der Waals surface area contributed by atoms with E-state index in [4.69, 9.17) is 5.73 Å². The highest BCUT2D eigenvalue weighted by Crippen LogP contribution is 2.31. The van der Waals surface area contributed by atoms with Gasteiger partial charge < -0.3 is 16.0 Å². The summed E-state index contributed by atoms with van der Waals surface area (Å²) in [5, 5.41) is 3.07. The molecule has 1 saturated heterocycles. The predicted octanol–water partition coefficient (Wildman–Crippen LogP) is 1.70. The van der Waals surface area contributed by atoms with Crippen molar-refractivity contribution in [3.63, 3.8) is 0 Å². The molecule has 0 radical (unpaired) electrons. The number of nitrogens with one attached hydrogen (secondary N) is 1. The highest BCUT2D eigenvalue weighted by molar-refractivity contribution is 5.94. The fourth-order valence-corrected chi connectivity index (χ4v) is 2.89. The number of hydrogen-bond acceptors (Lipinski definition) is 3. The Kier molecular flexibility index (Phi) is 6.02. The maximum Gasteiger partial charge on any atom is 0.251 e. The number of piperidine rings is 1. The fourth-order valence-electron chi connectivity index (χ4n) is 2.89. The molecule has 3 rings (SSSR count). The topological polar surface area (TPSA) is 75.4 Å². The molecule has 0 spiro atoms. The zero-order chi connectivity index (χ0) is 15.5. The number of halogens is 1. The van der Waals surface area contributed by atoms with E-state index in [2.05, 4.69) is 5.32 Å². The smallest absolute Gasteiger partial charge is 0.251 e. The third-order valence-electron chi connectivity index (χ3n) is 4.52. The third-order valence-corrected chi connectivity index (χ3v) is 4.52. The van der Waals surface area contributed by atoms with E-state index in [1.807, 2.05) is 29.2 Å². The van der Waals surface area contributed by atoms with Crippen LogP contribution in [0.15, 0.2) is 24.3 Å². The third kappa shape index (κ3) is 4.45. The van der Waals surface area contributed by atoms with Crippen molar-refractivity contribution in [3.8, 4) is 0 Å². The van der Waals surface area contributed by atoms with Crippen LogP contribution in [0.4, 0.5) is 0 Å². The molecule has 6 heteroatoms. The molecule has 2 aliphatic rings. The van der Waals surface area contributed by atoms with Crippen molar-refractivity contribution in [1.82, 2.24) is 10.2 Å². The number of carbonyl (C=O) groups is 2.